The first-order valence-corrected chi connectivity index (χ1v) is 11.2. The fourth-order valence-corrected chi connectivity index (χ4v) is 3.70. The van der Waals surface area contributed by atoms with Crippen LogP contribution in [0.2, 0.25) is 0 Å². The van der Waals surface area contributed by atoms with Gasteiger partial charge in [-0.1, -0.05) is 24.3 Å². The first-order valence-electron chi connectivity index (χ1n) is 8.52. The molecular formula is C21H17BrN2O4S. The van der Waals surface area contributed by atoms with E-state index in [4.69, 9.17) is 0 Å². The molecule has 0 aliphatic heterocycles. The van der Waals surface area contributed by atoms with E-state index in [1.54, 1.807) is 48.5 Å². The number of carbonyl (C=O) groups excluding carboxylic acids is 2. The monoisotopic (exact) mass is 472 g/mol. The molecule has 0 aliphatic carbocycles. The summed E-state index contributed by atoms with van der Waals surface area (Å²) in [6.45, 7) is 0. The maximum atomic E-state index is 12.7. The molecule has 148 valence electrons. The van der Waals surface area contributed by atoms with Crippen LogP contribution in [-0.4, -0.2) is 26.5 Å². The van der Waals surface area contributed by atoms with Gasteiger partial charge in [-0.3, -0.25) is 9.59 Å². The third-order valence-electron chi connectivity index (χ3n) is 4.08. The van der Waals surface area contributed by atoms with Gasteiger partial charge in [0.2, 0.25) is 0 Å². The average Bonchev–Trinajstić information content (AvgIpc) is 2.68. The SMILES string of the molecule is CS(=O)(=O)c1ccc(NC(=O)c2ccccc2NC(=O)c2ccccc2Br)cc1. The number of hydrogen-bond donors (Lipinski definition) is 2. The number of nitrogens with one attached hydrogen (secondary N) is 2. The van der Waals surface area contributed by atoms with Crippen molar-refractivity contribution in [1.82, 2.24) is 0 Å². The Morgan fingerprint density at radius 3 is 1.93 bits per heavy atom. The number of carbonyl (C=O) groups is 2. The van der Waals surface area contributed by atoms with Crippen molar-refractivity contribution in [2.24, 2.45) is 0 Å². The van der Waals surface area contributed by atoms with E-state index in [1.807, 2.05) is 0 Å². The highest BCUT2D eigenvalue weighted by molar-refractivity contribution is 9.10. The molecule has 3 rings (SSSR count). The summed E-state index contributed by atoms with van der Waals surface area (Å²) < 4.78 is 23.7. The lowest BCUT2D eigenvalue weighted by Crippen LogP contribution is -2.18. The molecule has 0 bridgehead atoms. The molecule has 3 aromatic carbocycles. The van der Waals surface area contributed by atoms with E-state index < -0.39 is 15.7 Å². The van der Waals surface area contributed by atoms with Crippen LogP contribution in [0.5, 0.6) is 0 Å². The van der Waals surface area contributed by atoms with Crippen molar-refractivity contribution in [1.29, 1.82) is 0 Å². The summed E-state index contributed by atoms with van der Waals surface area (Å²) in [6, 6.07) is 19.5. The maximum Gasteiger partial charge on any atom is 0.257 e. The van der Waals surface area contributed by atoms with E-state index in [9.17, 15) is 18.0 Å². The number of halogens is 1. The summed E-state index contributed by atoms with van der Waals surface area (Å²) in [4.78, 5) is 25.4. The molecule has 0 saturated heterocycles. The van der Waals surface area contributed by atoms with Crippen molar-refractivity contribution in [2.45, 2.75) is 4.90 Å². The van der Waals surface area contributed by atoms with Gasteiger partial charge in [0.1, 0.15) is 0 Å². The minimum absolute atomic E-state index is 0.164. The summed E-state index contributed by atoms with van der Waals surface area (Å²) in [5.41, 5.74) is 1.52. The van der Waals surface area contributed by atoms with Crippen LogP contribution in [0, 0.1) is 0 Å². The van der Waals surface area contributed by atoms with Crippen molar-refractivity contribution in [3.63, 3.8) is 0 Å². The van der Waals surface area contributed by atoms with Crippen LogP contribution in [0.15, 0.2) is 82.2 Å². The maximum absolute atomic E-state index is 12.7. The molecule has 0 unspecified atom stereocenters. The molecule has 8 heteroatoms. The Balaban J connectivity index is 1.80. The third kappa shape index (κ3) is 5.10. The van der Waals surface area contributed by atoms with Crippen molar-refractivity contribution >= 4 is 49.0 Å². The number of rotatable bonds is 5. The summed E-state index contributed by atoms with van der Waals surface area (Å²) >= 11 is 3.34. The van der Waals surface area contributed by atoms with Crippen LogP contribution in [-0.2, 0) is 9.84 Å². The molecule has 0 aliphatic rings. The number of hydrogen-bond acceptors (Lipinski definition) is 4. The molecule has 2 amide bonds. The van der Waals surface area contributed by atoms with Crippen LogP contribution < -0.4 is 10.6 Å². The minimum atomic E-state index is -3.31. The third-order valence-corrected chi connectivity index (χ3v) is 5.90. The number of para-hydroxylation sites is 1. The lowest BCUT2D eigenvalue weighted by Gasteiger charge is -2.12. The molecule has 0 radical (unpaired) electrons. The topological polar surface area (TPSA) is 92.3 Å². The number of sulfone groups is 1. The van der Waals surface area contributed by atoms with Gasteiger partial charge in [-0.15, -0.1) is 0 Å². The highest BCUT2D eigenvalue weighted by atomic mass is 79.9. The van der Waals surface area contributed by atoms with Crippen LogP contribution in [0.25, 0.3) is 0 Å². The van der Waals surface area contributed by atoms with Gasteiger partial charge in [-0.25, -0.2) is 8.42 Å². The van der Waals surface area contributed by atoms with Gasteiger partial charge in [0, 0.05) is 16.4 Å². The number of amides is 2. The molecule has 3 aromatic rings. The highest BCUT2D eigenvalue weighted by Crippen LogP contribution is 2.22. The molecule has 0 saturated carbocycles. The second-order valence-corrected chi connectivity index (χ2v) is 9.10. The standard InChI is InChI=1S/C21H17BrN2O4S/c1-29(27,28)15-12-10-14(11-13-15)23-21(26)17-7-3-5-9-19(17)24-20(25)16-6-2-4-8-18(16)22/h2-13H,1H3,(H,23,26)(H,24,25). The molecule has 0 aromatic heterocycles. The van der Waals surface area contributed by atoms with Crippen molar-refractivity contribution in [3.05, 3.63) is 88.4 Å². The van der Waals surface area contributed by atoms with E-state index in [2.05, 4.69) is 26.6 Å². The lowest BCUT2D eigenvalue weighted by atomic mass is 10.1. The van der Waals surface area contributed by atoms with Crippen molar-refractivity contribution in [2.75, 3.05) is 16.9 Å². The van der Waals surface area contributed by atoms with Gasteiger partial charge in [0.05, 0.1) is 21.7 Å². The van der Waals surface area contributed by atoms with Gasteiger partial charge >= 0.3 is 0 Å². The van der Waals surface area contributed by atoms with Gasteiger partial charge in [0.15, 0.2) is 9.84 Å². The van der Waals surface area contributed by atoms with Gasteiger partial charge in [-0.2, -0.15) is 0 Å². The normalized spacial score (nSPS) is 11.0. The fraction of sp³-hybridized carbons (Fsp3) is 0.0476. The molecule has 0 atom stereocenters. The Morgan fingerprint density at radius 2 is 1.31 bits per heavy atom. The molecular weight excluding hydrogens is 456 g/mol. The predicted molar refractivity (Wildman–Crippen MR) is 116 cm³/mol. The Labute approximate surface area is 177 Å². The minimum Gasteiger partial charge on any atom is -0.322 e. The lowest BCUT2D eigenvalue weighted by molar-refractivity contribution is 0.102. The number of benzene rings is 3. The van der Waals surface area contributed by atoms with E-state index in [-0.39, 0.29) is 16.4 Å². The number of anilines is 2. The zero-order chi connectivity index (χ0) is 21.0. The Morgan fingerprint density at radius 1 is 0.759 bits per heavy atom. The summed E-state index contributed by atoms with van der Waals surface area (Å²) in [6.07, 6.45) is 1.12. The Hall–Kier alpha value is -2.97. The van der Waals surface area contributed by atoms with E-state index in [1.165, 1.54) is 24.3 Å². The van der Waals surface area contributed by atoms with Crippen LogP contribution in [0.1, 0.15) is 20.7 Å². The van der Waals surface area contributed by atoms with E-state index >= 15 is 0 Å². The Kier molecular flexibility index (Phi) is 6.14. The van der Waals surface area contributed by atoms with Crippen molar-refractivity contribution in [3.8, 4) is 0 Å². The largest absolute Gasteiger partial charge is 0.322 e. The molecule has 0 heterocycles. The average molecular weight is 473 g/mol. The van der Waals surface area contributed by atoms with Crippen LogP contribution in [0.3, 0.4) is 0 Å². The highest BCUT2D eigenvalue weighted by Gasteiger charge is 2.16. The smallest absolute Gasteiger partial charge is 0.257 e. The van der Waals surface area contributed by atoms with Gasteiger partial charge in [0.25, 0.3) is 11.8 Å². The quantitative estimate of drug-likeness (QED) is 0.576. The second kappa shape index (κ2) is 8.59. The predicted octanol–water partition coefficient (Wildman–Crippen LogP) is 4.36. The van der Waals surface area contributed by atoms with Gasteiger partial charge in [-0.05, 0) is 64.5 Å². The Bertz CT molecular complexity index is 1180. The zero-order valence-electron chi connectivity index (χ0n) is 15.3. The molecule has 29 heavy (non-hydrogen) atoms. The van der Waals surface area contributed by atoms with Crippen LogP contribution >= 0.6 is 15.9 Å². The fourth-order valence-electron chi connectivity index (χ4n) is 2.61. The summed E-state index contributed by atoms with van der Waals surface area (Å²) in [5, 5.41) is 5.46. The van der Waals surface area contributed by atoms with Crippen molar-refractivity contribution < 1.29 is 18.0 Å². The summed E-state index contributed by atoms with van der Waals surface area (Å²) in [7, 11) is -3.31. The molecule has 6 nitrogen and oxygen atoms in total. The van der Waals surface area contributed by atoms with Gasteiger partial charge < -0.3 is 10.6 Å². The molecule has 0 spiro atoms. The van der Waals surface area contributed by atoms with E-state index in [0.29, 0.717) is 21.4 Å². The zero-order valence-corrected chi connectivity index (χ0v) is 17.7. The van der Waals surface area contributed by atoms with Crippen LogP contribution in [0.4, 0.5) is 11.4 Å². The first kappa shape index (κ1) is 20.8. The first-order chi connectivity index (χ1) is 13.8. The second-order valence-electron chi connectivity index (χ2n) is 6.23. The molecule has 2 N–H and O–H groups in total. The van der Waals surface area contributed by atoms with E-state index in [0.717, 1.165) is 6.26 Å². The molecule has 0 fully saturated rings. The summed E-state index contributed by atoms with van der Waals surface area (Å²) in [5.74, 6) is -0.782.